The first-order valence-corrected chi connectivity index (χ1v) is 9.33. The summed E-state index contributed by atoms with van der Waals surface area (Å²) < 4.78 is 5.93. The number of fused-ring (bicyclic) bond motifs is 1. The molecule has 2 N–H and O–H groups in total. The van der Waals surface area contributed by atoms with Gasteiger partial charge in [-0.25, -0.2) is 0 Å². The number of rotatable bonds is 6. The van der Waals surface area contributed by atoms with Crippen LogP contribution in [0.4, 0.5) is 0 Å². The van der Waals surface area contributed by atoms with Gasteiger partial charge in [-0.05, 0) is 48.9 Å². The zero-order valence-electron chi connectivity index (χ0n) is 15.4. The zero-order valence-corrected chi connectivity index (χ0v) is 15.4. The van der Waals surface area contributed by atoms with E-state index in [9.17, 15) is 4.79 Å². The Kier molecular flexibility index (Phi) is 4.55. The zero-order chi connectivity index (χ0) is 18.1. The van der Waals surface area contributed by atoms with E-state index in [1.807, 2.05) is 61.5 Å². The summed E-state index contributed by atoms with van der Waals surface area (Å²) in [6.07, 6.45) is 0. The quantitative estimate of drug-likeness (QED) is 0.841. The monoisotopic (exact) mass is 350 g/mol. The van der Waals surface area contributed by atoms with E-state index in [2.05, 4.69) is 10.6 Å². The van der Waals surface area contributed by atoms with Gasteiger partial charge in [0.1, 0.15) is 0 Å². The molecule has 26 heavy (non-hydrogen) atoms. The predicted molar refractivity (Wildman–Crippen MR) is 102 cm³/mol. The molecule has 1 saturated carbocycles. The fourth-order valence-corrected chi connectivity index (χ4v) is 4.40. The SMILES string of the molecule is COC(C(=O)NCC1C2CNCC21)(c1ccccc1)c1ccc(C)cc1. The molecule has 136 valence electrons. The summed E-state index contributed by atoms with van der Waals surface area (Å²) in [4.78, 5) is 13.4. The molecule has 0 bridgehead atoms. The Morgan fingerprint density at radius 3 is 2.31 bits per heavy atom. The molecule has 2 aliphatic rings. The van der Waals surface area contributed by atoms with Gasteiger partial charge in [0.25, 0.3) is 5.91 Å². The Hall–Kier alpha value is -2.17. The number of methoxy groups -OCH3 is 1. The van der Waals surface area contributed by atoms with Gasteiger partial charge >= 0.3 is 0 Å². The van der Waals surface area contributed by atoms with E-state index in [1.165, 1.54) is 0 Å². The summed E-state index contributed by atoms with van der Waals surface area (Å²) in [6.45, 7) is 4.93. The maximum absolute atomic E-state index is 13.4. The van der Waals surface area contributed by atoms with Crippen LogP contribution >= 0.6 is 0 Å². The van der Waals surface area contributed by atoms with Gasteiger partial charge < -0.3 is 15.4 Å². The van der Waals surface area contributed by atoms with Gasteiger partial charge in [-0.1, -0.05) is 60.2 Å². The number of nitrogens with one attached hydrogen (secondary N) is 2. The number of piperidine rings is 1. The predicted octanol–water partition coefficient (Wildman–Crippen LogP) is 2.47. The van der Waals surface area contributed by atoms with Crippen LogP contribution in [0, 0.1) is 24.7 Å². The Bertz CT molecular complexity index is 764. The fraction of sp³-hybridized carbons (Fsp3) is 0.409. The van der Waals surface area contributed by atoms with Gasteiger partial charge in [0.2, 0.25) is 0 Å². The highest BCUT2D eigenvalue weighted by Crippen LogP contribution is 2.48. The molecule has 0 spiro atoms. The normalized spacial score (nSPS) is 26.0. The molecule has 1 aliphatic carbocycles. The lowest BCUT2D eigenvalue weighted by molar-refractivity contribution is -0.140. The maximum atomic E-state index is 13.4. The lowest BCUT2D eigenvalue weighted by atomic mass is 9.84. The summed E-state index contributed by atoms with van der Waals surface area (Å²) in [7, 11) is 1.61. The summed E-state index contributed by atoms with van der Waals surface area (Å²) in [6, 6.07) is 17.8. The average molecular weight is 350 g/mol. The molecule has 0 aromatic heterocycles. The first-order valence-electron chi connectivity index (χ1n) is 9.33. The highest BCUT2D eigenvalue weighted by molar-refractivity contribution is 5.90. The molecular weight excluding hydrogens is 324 g/mol. The average Bonchev–Trinajstić information content (AvgIpc) is 3.10. The van der Waals surface area contributed by atoms with Gasteiger partial charge in [0.15, 0.2) is 5.60 Å². The lowest BCUT2D eigenvalue weighted by Gasteiger charge is -2.32. The Morgan fingerprint density at radius 2 is 1.69 bits per heavy atom. The molecule has 4 nitrogen and oxygen atoms in total. The number of carbonyl (C=O) groups excluding carboxylic acids is 1. The van der Waals surface area contributed by atoms with E-state index < -0.39 is 5.60 Å². The molecule has 4 rings (SSSR count). The van der Waals surface area contributed by atoms with Crippen LogP contribution in [0.3, 0.4) is 0 Å². The number of hydrogen-bond acceptors (Lipinski definition) is 3. The van der Waals surface area contributed by atoms with Crippen LogP contribution in [-0.2, 0) is 15.1 Å². The molecule has 0 radical (unpaired) electrons. The first-order chi connectivity index (χ1) is 12.7. The van der Waals surface area contributed by atoms with Crippen LogP contribution in [-0.4, -0.2) is 32.7 Å². The fourth-order valence-electron chi connectivity index (χ4n) is 4.40. The topological polar surface area (TPSA) is 50.4 Å². The molecule has 4 heteroatoms. The second kappa shape index (κ2) is 6.86. The van der Waals surface area contributed by atoms with E-state index in [-0.39, 0.29) is 5.91 Å². The van der Waals surface area contributed by atoms with Crippen molar-refractivity contribution in [1.29, 1.82) is 0 Å². The summed E-state index contributed by atoms with van der Waals surface area (Å²) in [5.74, 6) is 1.96. The third-order valence-corrected chi connectivity index (χ3v) is 6.03. The van der Waals surface area contributed by atoms with Crippen LogP contribution in [0.15, 0.2) is 54.6 Å². The molecule has 1 aliphatic heterocycles. The van der Waals surface area contributed by atoms with E-state index >= 15 is 0 Å². The molecule has 3 unspecified atom stereocenters. The minimum Gasteiger partial charge on any atom is -0.359 e. The van der Waals surface area contributed by atoms with Crippen molar-refractivity contribution in [2.75, 3.05) is 26.7 Å². The number of hydrogen-bond donors (Lipinski definition) is 2. The highest BCUT2D eigenvalue weighted by atomic mass is 16.5. The minimum absolute atomic E-state index is 0.0898. The second-order valence-corrected chi connectivity index (χ2v) is 7.48. The van der Waals surface area contributed by atoms with Gasteiger partial charge in [-0.15, -0.1) is 0 Å². The highest BCUT2D eigenvalue weighted by Gasteiger charge is 2.53. The van der Waals surface area contributed by atoms with E-state index in [4.69, 9.17) is 4.74 Å². The third-order valence-electron chi connectivity index (χ3n) is 6.03. The van der Waals surface area contributed by atoms with Crippen molar-refractivity contribution in [2.24, 2.45) is 17.8 Å². The molecule has 1 saturated heterocycles. The number of ether oxygens (including phenoxy) is 1. The van der Waals surface area contributed by atoms with Crippen molar-refractivity contribution in [2.45, 2.75) is 12.5 Å². The summed E-state index contributed by atoms with van der Waals surface area (Å²) in [5.41, 5.74) is 1.73. The van der Waals surface area contributed by atoms with Crippen LogP contribution in [0.25, 0.3) is 0 Å². The van der Waals surface area contributed by atoms with Crippen LogP contribution in [0.1, 0.15) is 16.7 Å². The van der Waals surface area contributed by atoms with Crippen LogP contribution in [0.2, 0.25) is 0 Å². The Labute approximate surface area is 155 Å². The van der Waals surface area contributed by atoms with Crippen molar-refractivity contribution in [3.05, 3.63) is 71.3 Å². The number of amides is 1. The Balaban J connectivity index is 1.63. The van der Waals surface area contributed by atoms with Crippen LogP contribution < -0.4 is 10.6 Å². The van der Waals surface area contributed by atoms with Gasteiger partial charge in [0.05, 0.1) is 0 Å². The van der Waals surface area contributed by atoms with Crippen molar-refractivity contribution >= 4 is 5.91 Å². The number of benzene rings is 2. The smallest absolute Gasteiger partial charge is 0.261 e. The third kappa shape index (κ3) is 2.83. The minimum atomic E-state index is -1.13. The first kappa shape index (κ1) is 17.3. The molecule has 2 fully saturated rings. The largest absolute Gasteiger partial charge is 0.359 e. The van der Waals surface area contributed by atoms with E-state index in [1.54, 1.807) is 7.11 Å². The van der Waals surface area contributed by atoms with Crippen molar-refractivity contribution in [1.82, 2.24) is 10.6 Å². The molecule has 1 heterocycles. The lowest BCUT2D eigenvalue weighted by Crippen LogP contribution is -2.47. The molecular formula is C22H26N2O2. The summed E-state index contributed by atoms with van der Waals surface area (Å²) >= 11 is 0. The second-order valence-electron chi connectivity index (χ2n) is 7.48. The van der Waals surface area contributed by atoms with Gasteiger partial charge in [0, 0.05) is 13.7 Å². The Morgan fingerprint density at radius 1 is 1.08 bits per heavy atom. The van der Waals surface area contributed by atoms with Crippen LogP contribution in [0.5, 0.6) is 0 Å². The van der Waals surface area contributed by atoms with Crippen molar-refractivity contribution in [3.63, 3.8) is 0 Å². The molecule has 2 aromatic carbocycles. The maximum Gasteiger partial charge on any atom is 0.261 e. The molecule has 3 atom stereocenters. The van der Waals surface area contributed by atoms with Crippen molar-refractivity contribution < 1.29 is 9.53 Å². The summed E-state index contributed by atoms with van der Waals surface area (Å²) in [5, 5.41) is 6.59. The van der Waals surface area contributed by atoms with Crippen molar-refractivity contribution in [3.8, 4) is 0 Å². The van der Waals surface area contributed by atoms with Gasteiger partial charge in [-0.2, -0.15) is 0 Å². The van der Waals surface area contributed by atoms with E-state index in [0.29, 0.717) is 5.92 Å². The molecule has 2 aromatic rings. The van der Waals surface area contributed by atoms with Gasteiger partial charge in [-0.3, -0.25) is 4.79 Å². The number of carbonyl (C=O) groups is 1. The molecule has 1 amide bonds. The standard InChI is InChI=1S/C22H26N2O2/c1-15-8-10-17(11-9-15)22(26-2,16-6-4-3-5-7-16)21(25)24-14-20-18-12-23-13-19(18)20/h3-11,18-20,23H,12-14H2,1-2H3,(H,24,25). The number of aryl methyl sites for hydroxylation is 1. The van der Waals surface area contributed by atoms with E-state index in [0.717, 1.165) is 48.2 Å².